The topological polar surface area (TPSA) is 73.8 Å². The van der Waals surface area contributed by atoms with E-state index < -0.39 is 0 Å². The maximum absolute atomic E-state index is 13.1. The van der Waals surface area contributed by atoms with E-state index in [-0.39, 0.29) is 5.56 Å². The van der Waals surface area contributed by atoms with Crippen LogP contribution in [0.3, 0.4) is 0 Å². The van der Waals surface area contributed by atoms with E-state index in [4.69, 9.17) is 5.73 Å². The molecule has 0 bridgehead atoms. The molecule has 2 N–H and O–H groups in total. The Hall–Kier alpha value is -2.69. The predicted octanol–water partition coefficient (Wildman–Crippen LogP) is 2.55. The van der Waals surface area contributed by atoms with Gasteiger partial charge in [-0.15, -0.1) is 0 Å². The molecule has 0 fully saturated rings. The third-order valence-corrected chi connectivity index (χ3v) is 4.59. The van der Waals surface area contributed by atoms with Gasteiger partial charge < -0.3 is 5.73 Å². The molecule has 0 aliphatic heterocycles. The SMILES string of the molecule is Cc1ccc(-n2c(=O)c3c(c4c(N)ncnc42)CCCC3)cc1. The zero-order chi connectivity index (χ0) is 16.0. The molecule has 0 unspecified atom stereocenters. The summed E-state index contributed by atoms with van der Waals surface area (Å²) < 4.78 is 1.68. The molecule has 0 amide bonds. The number of rotatable bonds is 1. The summed E-state index contributed by atoms with van der Waals surface area (Å²) in [5, 5.41) is 0.836. The molecule has 0 saturated carbocycles. The van der Waals surface area contributed by atoms with Gasteiger partial charge in [0, 0.05) is 5.56 Å². The van der Waals surface area contributed by atoms with Crippen LogP contribution in [-0.4, -0.2) is 14.5 Å². The Morgan fingerprint density at radius 1 is 1.04 bits per heavy atom. The van der Waals surface area contributed by atoms with Crippen LogP contribution in [0.2, 0.25) is 0 Å². The molecule has 3 aromatic rings. The average Bonchev–Trinajstić information content (AvgIpc) is 2.57. The van der Waals surface area contributed by atoms with Crippen LogP contribution in [0.4, 0.5) is 5.82 Å². The number of fused-ring (bicyclic) bond motifs is 3. The summed E-state index contributed by atoms with van der Waals surface area (Å²) in [6.45, 7) is 2.03. The number of nitrogens with zero attached hydrogens (tertiary/aromatic N) is 3. The summed E-state index contributed by atoms with van der Waals surface area (Å²) in [6.07, 6.45) is 5.20. The number of aromatic nitrogens is 3. The van der Waals surface area contributed by atoms with Crippen molar-refractivity contribution in [2.75, 3.05) is 5.73 Å². The first-order valence-electron chi connectivity index (χ1n) is 7.91. The van der Waals surface area contributed by atoms with Crippen LogP contribution in [0.15, 0.2) is 35.4 Å². The maximum Gasteiger partial charge on any atom is 0.260 e. The van der Waals surface area contributed by atoms with E-state index in [1.165, 1.54) is 6.33 Å². The Kier molecular flexibility index (Phi) is 3.15. The number of nitrogen functional groups attached to an aromatic ring is 1. The summed E-state index contributed by atoms with van der Waals surface area (Å²) >= 11 is 0. The third-order valence-electron chi connectivity index (χ3n) is 4.59. The first-order valence-corrected chi connectivity index (χ1v) is 7.91. The van der Waals surface area contributed by atoms with Crippen LogP contribution in [0.25, 0.3) is 16.7 Å². The summed E-state index contributed by atoms with van der Waals surface area (Å²) in [4.78, 5) is 21.6. The lowest BCUT2D eigenvalue weighted by Gasteiger charge is -2.21. The van der Waals surface area contributed by atoms with Crippen molar-refractivity contribution in [3.63, 3.8) is 0 Å². The fourth-order valence-electron chi connectivity index (χ4n) is 3.43. The molecular weight excluding hydrogens is 288 g/mol. The van der Waals surface area contributed by atoms with Crippen molar-refractivity contribution < 1.29 is 0 Å². The lowest BCUT2D eigenvalue weighted by molar-refractivity contribution is 0.677. The second-order valence-electron chi connectivity index (χ2n) is 6.10. The van der Waals surface area contributed by atoms with Gasteiger partial charge in [0.05, 0.1) is 11.1 Å². The van der Waals surface area contributed by atoms with Gasteiger partial charge in [-0.05, 0) is 50.3 Å². The fourth-order valence-corrected chi connectivity index (χ4v) is 3.43. The highest BCUT2D eigenvalue weighted by atomic mass is 16.1. The molecule has 23 heavy (non-hydrogen) atoms. The molecule has 5 heteroatoms. The average molecular weight is 306 g/mol. The number of anilines is 1. The Labute approximate surface area is 133 Å². The fraction of sp³-hybridized carbons (Fsp3) is 0.278. The molecular formula is C18H18N4O. The Bertz CT molecular complexity index is 957. The monoisotopic (exact) mass is 306 g/mol. The number of hydrogen-bond donors (Lipinski definition) is 1. The van der Waals surface area contributed by atoms with Crippen molar-refractivity contribution in [3.8, 4) is 5.69 Å². The van der Waals surface area contributed by atoms with Gasteiger partial charge in [0.15, 0.2) is 5.65 Å². The van der Waals surface area contributed by atoms with Gasteiger partial charge in [0.25, 0.3) is 5.56 Å². The van der Waals surface area contributed by atoms with Crippen LogP contribution in [-0.2, 0) is 12.8 Å². The molecule has 116 valence electrons. The van der Waals surface area contributed by atoms with Gasteiger partial charge in [-0.25, -0.2) is 9.97 Å². The van der Waals surface area contributed by atoms with Crippen molar-refractivity contribution >= 4 is 16.9 Å². The molecule has 1 aliphatic rings. The van der Waals surface area contributed by atoms with Gasteiger partial charge in [0.1, 0.15) is 12.1 Å². The molecule has 5 nitrogen and oxygen atoms in total. The van der Waals surface area contributed by atoms with Crippen LogP contribution < -0.4 is 11.3 Å². The van der Waals surface area contributed by atoms with Gasteiger partial charge in [0.2, 0.25) is 0 Å². The minimum Gasteiger partial charge on any atom is -0.383 e. The summed E-state index contributed by atoms with van der Waals surface area (Å²) in [5.41, 5.74) is 10.6. The minimum absolute atomic E-state index is 0.0224. The zero-order valence-electron chi connectivity index (χ0n) is 13.0. The summed E-state index contributed by atoms with van der Waals surface area (Å²) in [6, 6.07) is 7.89. The Balaban J connectivity index is 2.16. The largest absolute Gasteiger partial charge is 0.383 e. The Morgan fingerprint density at radius 3 is 2.48 bits per heavy atom. The molecule has 0 atom stereocenters. The lowest BCUT2D eigenvalue weighted by atomic mass is 9.90. The van der Waals surface area contributed by atoms with Crippen LogP contribution in [0.5, 0.6) is 0 Å². The molecule has 1 aromatic carbocycles. The third kappa shape index (κ3) is 2.11. The number of hydrogen-bond acceptors (Lipinski definition) is 4. The number of nitrogens with two attached hydrogens (primary N) is 1. The molecule has 0 saturated heterocycles. The number of pyridine rings is 1. The maximum atomic E-state index is 13.1. The highest BCUT2D eigenvalue weighted by molar-refractivity contribution is 5.90. The molecule has 1 aliphatic carbocycles. The second-order valence-corrected chi connectivity index (χ2v) is 6.10. The Morgan fingerprint density at radius 2 is 1.74 bits per heavy atom. The van der Waals surface area contributed by atoms with Gasteiger partial charge in [-0.3, -0.25) is 9.36 Å². The highest BCUT2D eigenvalue weighted by Crippen LogP contribution is 2.29. The van der Waals surface area contributed by atoms with Crippen molar-refractivity contribution in [1.29, 1.82) is 0 Å². The van der Waals surface area contributed by atoms with Crippen molar-refractivity contribution in [2.24, 2.45) is 0 Å². The first kappa shape index (κ1) is 13.9. The first-order chi connectivity index (χ1) is 11.2. The second kappa shape index (κ2) is 5.19. The normalized spacial score (nSPS) is 14.0. The molecule has 2 heterocycles. The van der Waals surface area contributed by atoms with Crippen molar-refractivity contribution in [1.82, 2.24) is 14.5 Å². The predicted molar refractivity (Wildman–Crippen MR) is 90.9 cm³/mol. The van der Waals surface area contributed by atoms with Gasteiger partial charge in [-0.2, -0.15) is 0 Å². The molecule has 4 rings (SSSR count). The van der Waals surface area contributed by atoms with E-state index in [0.717, 1.165) is 53.4 Å². The van der Waals surface area contributed by atoms with E-state index in [1.54, 1.807) is 4.57 Å². The van der Waals surface area contributed by atoms with Crippen LogP contribution in [0, 0.1) is 6.92 Å². The summed E-state index contributed by atoms with van der Waals surface area (Å²) in [7, 11) is 0. The van der Waals surface area contributed by atoms with Gasteiger partial charge in [-0.1, -0.05) is 17.7 Å². The number of benzene rings is 1. The van der Waals surface area contributed by atoms with E-state index in [1.807, 2.05) is 31.2 Å². The quantitative estimate of drug-likeness (QED) is 0.750. The number of aryl methyl sites for hydroxylation is 2. The van der Waals surface area contributed by atoms with E-state index >= 15 is 0 Å². The van der Waals surface area contributed by atoms with Crippen molar-refractivity contribution in [2.45, 2.75) is 32.6 Å². The molecule has 0 radical (unpaired) electrons. The smallest absolute Gasteiger partial charge is 0.260 e. The van der Waals surface area contributed by atoms with E-state index in [2.05, 4.69) is 9.97 Å². The summed E-state index contributed by atoms with van der Waals surface area (Å²) in [5.74, 6) is 0.453. The molecule has 0 spiro atoms. The van der Waals surface area contributed by atoms with Crippen LogP contribution in [0.1, 0.15) is 29.5 Å². The highest BCUT2D eigenvalue weighted by Gasteiger charge is 2.22. The van der Waals surface area contributed by atoms with Crippen molar-refractivity contribution in [3.05, 3.63) is 57.6 Å². The van der Waals surface area contributed by atoms with Gasteiger partial charge >= 0.3 is 0 Å². The minimum atomic E-state index is 0.0224. The molecule has 2 aromatic heterocycles. The van der Waals surface area contributed by atoms with E-state index in [0.29, 0.717) is 11.5 Å². The standard InChI is InChI=1S/C18H18N4O/c1-11-6-8-12(9-7-11)22-17-15(16(19)20-10-21-17)13-4-2-3-5-14(13)18(22)23/h6-10H,2-5H2,1H3,(H2,19,20,21). The lowest BCUT2D eigenvalue weighted by Crippen LogP contribution is -2.27. The van der Waals surface area contributed by atoms with Crippen LogP contribution >= 0.6 is 0 Å². The van der Waals surface area contributed by atoms with E-state index in [9.17, 15) is 4.79 Å². The zero-order valence-corrected chi connectivity index (χ0v) is 13.0.